The predicted molar refractivity (Wildman–Crippen MR) is 109 cm³/mol. The van der Waals surface area contributed by atoms with Crippen molar-refractivity contribution in [1.82, 2.24) is 24.7 Å². The summed E-state index contributed by atoms with van der Waals surface area (Å²) in [6.07, 6.45) is 7.80. The molecule has 4 rings (SSSR count). The highest BCUT2D eigenvalue weighted by Gasteiger charge is 2.07. The van der Waals surface area contributed by atoms with Gasteiger partial charge >= 0.3 is 0 Å². The molecule has 0 atom stereocenters. The molecule has 134 valence electrons. The van der Waals surface area contributed by atoms with Gasteiger partial charge in [-0.3, -0.25) is 5.10 Å². The molecular formula is C21H19N5S. The molecule has 0 aliphatic carbocycles. The standard InChI is InChI=1S/C21H19N5S/c1-3-7-17(8-4-1)11-12-19-23-21(25-24-19)27-16-20-22-13-14-26(20)15-18-9-5-2-6-10-18/h1-14H,15-16H2,(H,23,24,25)/b12-11+. The summed E-state index contributed by atoms with van der Waals surface area (Å²) in [5, 5.41) is 7.96. The minimum absolute atomic E-state index is 0.719. The van der Waals surface area contributed by atoms with Crippen LogP contribution in [0.4, 0.5) is 0 Å². The second kappa shape index (κ2) is 8.51. The normalized spacial score (nSPS) is 11.3. The van der Waals surface area contributed by atoms with Crippen molar-refractivity contribution < 1.29 is 0 Å². The van der Waals surface area contributed by atoms with Crippen molar-refractivity contribution in [1.29, 1.82) is 0 Å². The van der Waals surface area contributed by atoms with Gasteiger partial charge in [0.15, 0.2) is 0 Å². The van der Waals surface area contributed by atoms with Gasteiger partial charge in [-0.1, -0.05) is 78.5 Å². The maximum atomic E-state index is 4.51. The Kier molecular flexibility index (Phi) is 5.45. The van der Waals surface area contributed by atoms with Crippen LogP contribution in [0.2, 0.25) is 0 Å². The summed E-state index contributed by atoms with van der Waals surface area (Å²) in [5.74, 6) is 2.48. The van der Waals surface area contributed by atoms with E-state index in [1.807, 2.05) is 48.8 Å². The topological polar surface area (TPSA) is 59.4 Å². The Morgan fingerprint density at radius 2 is 1.74 bits per heavy atom. The van der Waals surface area contributed by atoms with Gasteiger partial charge in [-0.15, -0.1) is 5.10 Å². The average molecular weight is 373 g/mol. The fourth-order valence-corrected chi connectivity index (χ4v) is 3.44. The summed E-state index contributed by atoms with van der Waals surface area (Å²) in [6, 6.07) is 20.5. The van der Waals surface area contributed by atoms with Crippen LogP contribution < -0.4 is 0 Å². The molecule has 0 bridgehead atoms. The lowest BCUT2D eigenvalue weighted by Gasteiger charge is -2.06. The molecule has 0 amide bonds. The minimum Gasteiger partial charge on any atom is -0.330 e. The Balaban J connectivity index is 1.37. The van der Waals surface area contributed by atoms with Gasteiger partial charge in [-0.2, -0.15) is 0 Å². The lowest BCUT2D eigenvalue weighted by Crippen LogP contribution is -2.03. The van der Waals surface area contributed by atoms with Gasteiger partial charge in [0, 0.05) is 18.9 Å². The molecule has 0 aliphatic heterocycles. The number of rotatable bonds is 7. The summed E-state index contributed by atoms with van der Waals surface area (Å²) < 4.78 is 2.16. The van der Waals surface area contributed by atoms with E-state index >= 15 is 0 Å². The SMILES string of the molecule is C(=C\c1nc(SCc2nccn2Cc2ccccc2)n[nH]1)/c1ccccc1. The lowest BCUT2D eigenvalue weighted by atomic mass is 10.2. The highest BCUT2D eigenvalue weighted by molar-refractivity contribution is 7.98. The number of H-pyrrole nitrogens is 1. The fraction of sp³-hybridized carbons (Fsp3) is 0.0952. The summed E-state index contributed by atoms with van der Waals surface area (Å²) in [7, 11) is 0. The van der Waals surface area contributed by atoms with Gasteiger partial charge in [0.2, 0.25) is 5.16 Å². The molecule has 4 aromatic rings. The molecule has 0 aliphatic rings. The maximum absolute atomic E-state index is 4.51. The number of aromatic nitrogens is 5. The van der Waals surface area contributed by atoms with Gasteiger partial charge in [0.1, 0.15) is 11.6 Å². The molecule has 5 nitrogen and oxygen atoms in total. The molecule has 27 heavy (non-hydrogen) atoms. The first-order valence-corrected chi connectivity index (χ1v) is 9.68. The van der Waals surface area contributed by atoms with Gasteiger partial charge < -0.3 is 4.57 Å². The smallest absolute Gasteiger partial charge is 0.209 e. The highest BCUT2D eigenvalue weighted by atomic mass is 32.2. The quantitative estimate of drug-likeness (QED) is 0.484. The number of thioether (sulfide) groups is 1. The molecular weight excluding hydrogens is 354 g/mol. The average Bonchev–Trinajstić information content (AvgIpc) is 3.35. The van der Waals surface area contributed by atoms with E-state index in [9.17, 15) is 0 Å². The molecule has 2 aromatic carbocycles. The molecule has 0 unspecified atom stereocenters. The Morgan fingerprint density at radius 1 is 0.963 bits per heavy atom. The van der Waals surface area contributed by atoms with E-state index in [1.54, 1.807) is 11.8 Å². The summed E-state index contributed by atoms with van der Waals surface area (Å²) in [4.78, 5) is 8.98. The Hall–Kier alpha value is -3.12. The third-order valence-electron chi connectivity index (χ3n) is 4.04. The third kappa shape index (κ3) is 4.74. The Morgan fingerprint density at radius 3 is 2.56 bits per heavy atom. The van der Waals surface area contributed by atoms with Crippen molar-refractivity contribution in [3.63, 3.8) is 0 Å². The van der Waals surface area contributed by atoms with E-state index in [4.69, 9.17) is 0 Å². The number of hydrogen-bond donors (Lipinski definition) is 1. The highest BCUT2D eigenvalue weighted by Crippen LogP contribution is 2.19. The van der Waals surface area contributed by atoms with Crippen LogP contribution >= 0.6 is 11.8 Å². The van der Waals surface area contributed by atoms with E-state index in [2.05, 4.69) is 61.1 Å². The first kappa shape index (κ1) is 17.3. The van der Waals surface area contributed by atoms with Gasteiger partial charge in [0.25, 0.3) is 0 Å². The second-order valence-electron chi connectivity index (χ2n) is 5.99. The first-order chi connectivity index (χ1) is 13.4. The number of nitrogens with one attached hydrogen (secondary N) is 1. The largest absolute Gasteiger partial charge is 0.330 e. The molecule has 2 aromatic heterocycles. The molecule has 1 N–H and O–H groups in total. The van der Waals surface area contributed by atoms with E-state index in [0.717, 1.165) is 34.7 Å². The van der Waals surface area contributed by atoms with Crippen LogP contribution in [0.25, 0.3) is 12.2 Å². The Bertz CT molecular complexity index is 1010. The molecule has 0 fully saturated rings. The molecule has 0 spiro atoms. The molecule has 0 saturated carbocycles. The summed E-state index contributed by atoms with van der Waals surface area (Å²) in [5.41, 5.74) is 2.39. The summed E-state index contributed by atoms with van der Waals surface area (Å²) >= 11 is 1.57. The van der Waals surface area contributed by atoms with Crippen LogP contribution in [0.5, 0.6) is 0 Å². The Labute approximate surface area is 162 Å². The first-order valence-electron chi connectivity index (χ1n) is 8.69. The molecule has 2 heterocycles. The van der Waals surface area contributed by atoms with Crippen LogP contribution in [0, 0.1) is 0 Å². The number of aromatic amines is 1. The maximum Gasteiger partial charge on any atom is 0.209 e. The van der Waals surface area contributed by atoms with E-state index in [0.29, 0.717) is 0 Å². The molecule has 6 heteroatoms. The number of benzene rings is 2. The molecule has 0 radical (unpaired) electrons. The zero-order valence-corrected chi connectivity index (χ0v) is 15.5. The van der Waals surface area contributed by atoms with Crippen molar-refractivity contribution in [3.8, 4) is 0 Å². The van der Waals surface area contributed by atoms with Crippen molar-refractivity contribution in [2.75, 3.05) is 0 Å². The zero-order valence-electron chi connectivity index (χ0n) is 14.7. The van der Waals surface area contributed by atoms with Crippen molar-refractivity contribution in [3.05, 3.63) is 95.8 Å². The third-order valence-corrected chi connectivity index (χ3v) is 4.89. The number of nitrogens with zero attached hydrogens (tertiary/aromatic N) is 4. The van der Waals surface area contributed by atoms with E-state index < -0.39 is 0 Å². The zero-order chi connectivity index (χ0) is 18.3. The van der Waals surface area contributed by atoms with Crippen LogP contribution in [-0.4, -0.2) is 24.7 Å². The lowest BCUT2D eigenvalue weighted by molar-refractivity contribution is 0.756. The van der Waals surface area contributed by atoms with Crippen molar-refractivity contribution in [2.24, 2.45) is 0 Å². The fourth-order valence-electron chi connectivity index (χ4n) is 2.67. The minimum atomic E-state index is 0.719. The van der Waals surface area contributed by atoms with Crippen LogP contribution in [-0.2, 0) is 12.3 Å². The van der Waals surface area contributed by atoms with Gasteiger partial charge in [0.05, 0.1) is 5.75 Å². The van der Waals surface area contributed by atoms with Gasteiger partial charge in [-0.05, 0) is 17.2 Å². The number of hydrogen-bond acceptors (Lipinski definition) is 4. The molecule has 0 saturated heterocycles. The second-order valence-corrected chi connectivity index (χ2v) is 6.94. The van der Waals surface area contributed by atoms with Crippen LogP contribution in [0.3, 0.4) is 0 Å². The predicted octanol–water partition coefficient (Wildman–Crippen LogP) is 4.51. The summed E-state index contributed by atoms with van der Waals surface area (Å²) in [6.45, 7) is 0.815. The van der Waals surface area contributed by atoms with Crippen molar-refractivity contribution >= 4 is 23.9 Å². The number of imidazole rings is 1. The van der Waals surface area contributed by atoms with Crippen LogP contribution in [0.1, 0.15) is 22.8 Å². The van der Waals surface area contributed by atoms with E-state index in [1.165, 1.54) is 5.56 Å². The van der Waals surface area contributed by atoms with Crippen molar-refractivity contribution in [2.45, 2.75) is 17.5 Å². The monoisotopic (exact) mass is 373 g/mol. The van der Waals surface area contributed by atoms with E-state index in [-0.39, 0.29) is 0 Å². The van der Waals surface area contributed by atoms with Crippen LogP contribution in [0.15, 0.2) is 78.2 Å². The van der Waals surface area contributed by atoms with Gasteiger partial charge in [-0.25, -0.2) is 9.97 Å².